The molecule has 0 spiro atoms. The number of carbonyl (C=O) groups excluding carboxylic acids is 1. The molecule has 1 atom stereocenters. The van der Waals surface area contributed by atoms with Crippen LogP contribution >= 0.6 is 11.7 Å². The number of hydrogen-bond acceptors (Lipinski definition) is 5. The van der Waals surface area contributed by atoms with E-state index in [-0.39, 0.29) is 23.0 Å². The van der Waals surface area contributed by atoms with Gasteiger partial charge in [-0.3, -0.25) is 4.79 Å². The number of halogens is 1. The van der Waals surface area contributed by atoms with Crippen LogP contribution in [0, 0.1) is 0 Å². The Morgan fingerprint density at radius 3 is 3.00 bits per heavy atom. The molecule has 1 unspecified atom stereocenters. The van der Waals surface area contributed by atoms with Gasteiger partial charge in [0.25, 0.3) is 5.91 Å². The molecule has 2 rings (SSSR count). The lowest BCUT2D eigenvalue weighted by atomic mass is 9.87. The monoisotopic (exact) mass is 250 g/mol. The third kappa shape index (κ3) is 2.52. The van der Waals surface area contributed by atoms with Crippen molar-refractivity contribution in [1.82, 2.24) is 14.1 Å². The lowest BCUT2D eigenvalue weighted by Gasteiger charge is -2.17. The number of nitrogens with one attached hydrogen (secondary N) is 1. The first kappa shape index (κ1) is 11.8. The number of allylic oxidation sites excluding steroid dienone is 2. The second-order valence-electron chi connectivity index (χ2n) is 3.49. The summed E-state index contributed by atoms with van der Waals surface area (Å²) < 4.78 is 20.4. The topological polar surface area (TPSA) is 80.9 Å². The van der Waals surface area contributed by atoms with E-state index in [0.29, 0.717) is 6.42 Å². The van der Waals surface area contributed by atoms with Gasteiger partial charge in [0, 0.05) is 0 Å². The van der Waals surface area contributed by atoms with Crippen LogP contribution in [0.4, 0.5) is 10.2 Å². The molecule has 1 aromatic heterocycles. The summed E-state index contributed by atoms with van der Waals surface area (Å²) in [4.78, 5) is 11.7. The quantitative estimate of drug-likeness (QED) is 0.750. The van der Waals surface area contributed by atoms with Gasteiger partial charge in [0.2, 0.25) is 0 Å². The summed E-state index contributed by atoms with van der Waals surface area (Å²) in [6.07, 6.45) is 3.11. The molecule has 2 radical (unpaired) electrons. The smallest absolute Gasteiger partial charge is 0.275 e. The van der Waals surface area contributed by atoms with E-state index in [9.17, 15) is 9.18 Å². The summed E-state index contributed by atoms with van der Waals surface area (Å²) in [5.74, 6) is -0.826. The minimum Gasteiger partial charge on any atom is -0.381 e. The Balaban J connectivity index is 2.04. The third-order valence-electron chi connectivity index (χ3n) is 2.25. The summed E-state index contributed by atoms with van der Waals surface area (Å²) in [7, 11) is 5.41. The van der Waals surface area contributed by atoms with E-state index in [2.05, 4.69) is 14.1 Å². The zero-order valence-corrected chi connectivity index (χ0v) is 9.50. The van der Waals surface area contributed by atoms with E-state index in [1.54, 1.807) is 0 Å². The van der Waals surface area contributed by atoms with Gasteiger partial charge >= 0.3 is 0 Å². The van der Waals surface area contributed by atoms with Crippen molar-refractivity contribution >= 4 is 31.3 Å². The molecular weight excluding hydrogens is 242 g/mol. The lowest BCUT2D eigenvalue weighted by molar-refractivity contribution is 0.0941. The highest BCUT2D eigenvalue weighted by Crippen LogP contribution is 2.18. The normalized spacial score (nSPS) is 19.5. The van der Waals surface area contributed by atoms with Gasteiger partial charge in [-0.25, -0.2) is 4.39 Å². The maximum atomic E-state index is 12.9. The highest BCUT2D eigenvalue weighted by molar-refractivity contribution is 6.99. The van der Waals surface area contributed by atoms with E-state index in [1.165, 1.54) is 12.2 Å². The zero-order chi connectivity index (χ0) is 12.4. The van der Waals surface area contributed by atoms with Gasteiger partial charge < -0.3 is 11.1 Å². The van der Waals surface area contributed by atoms with Gasteiger partial charge in [-0.05, 0) is 12.5 Å². The van der Waals surface area contributed by atoms with Crippen molar-refractivity contribution in [3.05, 3.63) is 29.1 Å². The number of carbonyl (C=O) groups is 1. The number of hydrogen-bond donors (Lipinski definition) is 2. The number of nitrogens with two attached hydrogens (primary N) is 1. The maximum Gasteiger partial charge on any atom is 0.275 e. The summed E-state index contributed by atoms with van der Waals surface area (Å²) >= 11 is 0.860. The molecule has 1 aliphatic rings. The Bertz CT molecular complexity index is 513. The molecule has 86 valence electrons. The molecular formula is C9H8BFN4OS. The molecule has 0 aromatic carbocycles. The molecule has 5 nitrogen and oxygen atoms in total. The Kier molecular flexibility index (Phi) is 3.23. The number of amides is 1. The van der Waals surface area contributed by atoms with Gasteiger partial charge in [0.15, 0.2) is 11.5 Å². The molecule has 1 aliphatic carbocycles. The second-order valence-corrected chi connectivity index (χ2v) is 4.02. The van der Waals surface area contributed by atoms with E-state index < -0.39 is 11.7 Å². The fraction of sp³-hybridized carbons (Fsp3) is 0.222. The van der Waals surface area contributed by atoms with Crippen molar-refractivity contribution < 1.29 is 9.18 Å². The van der Waals surface area contributed by atoms with Gasteiger partial charge in [-0.15, -0.1) is 0 Å². The number of nitrogen functional groups attached to an aromatic ring is 1. The predicted molar refractivity (Wildman–Crippen MR) is 63.2 cm³/mol. The van der Waals surface area contributed by atoms with Gasteiger partial charge in [0.1, 0.15) is 13.7 Å². The summed E-state index contributed by atoms with van der Waals surface area (Å²) in [5.41, 5.74) is 5.56. The number of rotatable bonds is 2. The van der Waals surface area contributed by atoms with Crippen LogP contribution in [0.2, 0.25) is 0 Å². The fourth-order valence-corrected chi connectivity index (χ4v) is 1.88. The van der Waals surface area contributed by atoms with Crippen LogP contribution in [-0.2, 0) is 0 Å². The summed E-state index contributed by atoms with van der Waals surface area (Å²) in [6, 6.07) is -0.358. The molecule has 0 bridgehead atoms. The van der Waals surface area contributed by atoms with Crippen LogP contribution in [0.15, 0.2) is 23.5 Å². The average molecular weight is 250 g/mol. The van der Waals surface area contributed by atoms with Gasteiger partial charge in [-0.1, -0.05) is 11.5 Å². The highest BCUT2D eigenvalue weighted by atomic mass is 32.1. The van der Waals surface area contributed by atoms with Crippen LogP contribution in [0.1, 0.15) is 16.9 Å². The van der Waals surface area contributed by atoms with Gasteiger partial charge in [-0.2, -0.15) is 8.75 Å². The van der Waals surface area contributed by atoms with Crippen molar-refractivity contribution in [2.24, 2.45) is 0 Å². The molecule has 0 fully saturated rings. The molecule has 1 aromatic rings. The molecule has 3 N–H and O–H groups in total. The average Bonchev–Trinajstić information content (AvgIpc) is 2.70. The van der Waals surface area contributed by atoms with E-state index in [4.69, 9.17) is 13.6 Å². The summed E-state index contributed by atoms with van der Waals surface area (Å²) in [5, 5.41) is 2.63. The Morgan fingerprint density at radius 1 is 1.65 bits per heavy atom. The van der Waals surface area contributed by atoms with Crippen molar-refractivity contribution in [1.29, 1.82) is 0 Å². The molecule has 1 amide bonds. The van der Waals surface area contributed by atoms with Crippen LogP contribution < -0.4 is 11.1 Å². The van der Waals surface area contributed by atoms with E-state index >= 15 is 0 Å². The van der Waals surface area contributed by atoms with Gasteiger partial charge in [0.05, 0.1) is 17.8 Å². The Morgan fingerprint density at radius 2 is 2.41 bits per heavy atom. The van der Waals surface area contributed by atoms with E-state index in [1.807, 2.05) is 0 Å². The van der Waals surface area contributed by atoms with E-state index in [0.717, 1.165) is 11.7 Å². The SMILES string of the molecule is [B]C1=CC(NC(=O)c2nsnc2N)CC=C1F. The Labute approximate surface area is 102 Å². The second kappa shape index (κ2) is 4.66. The van der Waals surface area contributed by atoms with Crippen molar-refractivity contribution in [3.8, 4) is 0 Å². The molecule has 0 saturated carbocycles. The number of anilines is 1. The first-order valence-corrected chi connectivity index (χ1v) is 5.53. The van der Waals surface area contributed by atoms with Crippen molar-refractivity contribution in [2.75, 3.05) is 5.73 Å². The van der Waals surface area contributed by atoms with Crippen molar-refractivity contribution in [3.63, 3.8) is 0 Å². The lowest BCUT2D eigenvalue weighted by Crippen LogP contribution is -2.35. The summed E-state index contributed by atoms with van der Waals surface area (Å²) in [6.45, 7) is 0. The highest BCUT2D eigenvalue weighted by Gasteiger charge is 2.19. The largest absolute Gasteiger partial charge is 0.381 e. The predicted octanol–water partition coefficient (Wildman–Crippen LogP) is 0.528. The first-order valence-electron chi connectivity index (χ1n) is 4.80. The van der Waals surface area contributed by atoms with Crippen LogP contribution in [0.5, 0.6) is 0 Å². The molecule has 17 heavy (non-hydrogen) atoms. The third-order valence-corrected chi connectivity index (χ3v) is 2.80. The maximum absolute atomic E-state index is 12.9. The van der Waals surface area contributed by atoms with Crippen LogP contribution in [-0.4, -0.2) is 28.5 Å². The van der Waals surface area contributed by atoms with Crippen LogP contribution in [0.3, 0.4) is 0 Å². The molecule has 1 heterocycles. The molecule has 8 heteroatoms. The van der Waals surface area contributed by atoms with Crippen LogP contribution in [0.25, 0.3) is 0 Å². The first-order chi connectivity index (χ1) is 8.08. The number of aromatic nitrogens is 2. The number of nitrogens with zero attached hydrogens (tertiary/aromatic N) is 2. The van der Waals surface area contributed by atoms with Crippen molar-refractivity contribution in [2.45, 2.75) is 12.5 Å². The molecule has 0 aliphatic heterocycles. The minimum absolute atomic E-state index is 0.0194. The fourth-order valence-electron chi connectivity index (χ4n) is 1.40. The Hall–Kier alpha value is -1.70. The minimum atomic E-state index is -0.467. The molecule has 0 saturated heterocycles. The zero-order valence-electron chi connectivity index (χ0n) is 8.68. The standard InChI is InChI=1S/C9H8BFN4OS/c10-5-3-4(1-2-6(5)11)13-9(16)7-8(12)15-17-14-7/h2-4H,1H2,(H2,12,15)(H,13,16).